The fourth-order valence-electron chi connectivity index (χ4n) is 14.3. The van der Waals surface area contributed by atoms with Crippen LogP contribution in [-0.4, -0.2) is 4.57 Å². The number of nitrogens with zero attached hydrogens (tertiary/aromatic N) is 2. The number of para-hydroxylation sites is 4. The van der Waals surface area contributed by atoms with Gasteiger partial charge in [-0.1, -0.05) is 238 Å². The van der Waals surface area contributed by atoms with Gasteiger partial charge < -0.3 is 9.47 Å². The Kier molecular flexibility index (Phi) is 9.63. The molecule has 78 heavy (non-hydrogen) atoms. The highest BCUT2D eigenvalue weighted by Gasteiger charge is 2.53. The summed E-state index contributed by atoms with van der Waals surface area (Å²) >= 11 is 0. The van der Waals surface area contributed by atoms with Gasteiger partial charge in [0.2, 0.25) is 0 Å². The van der Waals surface area contributed by atoms with Crippen molar-refractivity contribution in [2.24, 2.45) is 0 Å². The first-order valence-corrected chi connectivity index (χ1v) is 27.3. The molecule has 0 fully saturated rings. The molecule has 3 aliphatic rings. The van der Waals surface area contributed by atoms with E-state index in [1.54, 1.807) is 0 Å². The van der Waals surface area contributed by atoms with E-state index in [9.17, 15) is 0 Å². The first kappa shape index (κ1) is 44.5. The fraction of sp³-hybridized carbons (Fsp3) is 0.0526. The van der Waals surface area contributed by atoms with Crippen molar-refractivity contribution in [3.63, 3.8) is 0 Å². The lowest BCUT2D eigenvalue weighted by molar-refractivity contribution is 0.660. The van der Waals surface area contributed by atoms with Gasteiger partial charge in [-0.3, -0.25) is 0 Å². The Hall–Kier alpha value is -9.76. The Labute approximate surface area is 455 Å². The maximum atomic E-state index is 2.53. The van der Waals surface area contributed by atoms with Gasteiger partial charge in [-0.25, -0.2) is 0 Å². The van der Waals surface area contributed by atoms with Crippen molar-refractivity contribution in [1.82, 2.24) is 4.57 Å². The predicted octanol–water partition coefficient (Wildman–Crippen LogP) is 19.9. The number of anilines is 3. The van der Waals surface area contributed by atoms with E-state index in [0.29, 0.717) is 0 Å². The molecule has 0 amide bonds. The fourth-order valence-corrected chi connectivity index (χ4v) is 14.3. The summed E-state index contributed by atoms with van der Waals surface area (Å²) in [5, 5.41) is 2.42. The number of hydrogen-bond acceptors (Lipinski definition) is 1. The van der Waals surface area contributed by atoms with Gasteiger partial charge in [0.1, 0.15) is 0 Å². The minimum Gasteiger partial charge on any atom is -0.308 e. The van der Waals surface area contributed by atoms with E-state index >= 15 is 0 Å². The van der Waals surface area contributed by atoms with Crippen LogP contribution in [0.3, 0.4) is 0 Å². The molecule has 16 rings (SSSR count). The smallest absolute Gasteiger partial charge is 0.0782 e. The third kappa shape index (κ3) is 6.20. The van der Waals surface area contributed by atoms with Gasteiger partial charge in [0.15, 0.2) is 0 Å². The van der Waals surface area contributed by atoms with Gasteiger partial charge >= 0.3 is 0 Å². The molecule has 1 heterocycles. The monoisotopic (exact) mass is 992 g/mol. The lowest BCUT2D eigenvalue weighted by Gasteiger charge is -2.31. The van der Waals surface area contributed by atoms with Crippen LogP contribution in [-0.2, 0) is 10.8 Å². The number of fused-ring (bicyclic) bond motifs is 17. The highest BCUT2D eigenvalue weighted by molar-refractivity contribution is 6.15. The van der Waals surface area contributed by atoms with E-state index in [1.807, 2.05) is 0 Å². The van der Waals surface area contributed by atoms with Crippen molar-refractivity contribution in [3.05, 3.63) is 312 Å². The zero-order chi connectivity index (χ0) is 51.7. The first-order valence-electron chi connectivity index (χ1n) is 27.3. The molecule has 0 saturated heterocycles. The molecule has 0 radical (unpaired) electrons. The third-order valence-corrected chi connectivity index (χ3v) is 17.6. The lowest BCUT2D eigenvalue weighted by Crippen LogP contribution is -2.26. The lowest BCUT2D eigenvalue weighted by atomic mass is 9.70. The van der Waals surface area contributed by atoms with Gasteiger partial charge in [0, 0.05) is 33.1 Å². The van der Waals surface area contributed by atoms with Crippen LogP contribution in [0.15, 0.2) is 279 Å². The molecule has 13 aromatic rings. The molecule has 12 aromatic carbocycles. The van der Waals surface area contributed by atoms with Crippen molar-refractivity contribution in [3.8, 4) is 72.4 Å². The molecule has 0 aliphatic heterocycles. The number of rotatable bonds is 7. The molecular weight excluding hydrogens is 941 g/mol. The Morgan fingerprint density at radius 2 is 0.821 bits per heavy atom. The minimum absolute atomic E-state index is 0.271. The molecule has 0 bridgehead atoms. The van der Waals surface area contributed by atoms with E-state index in [2.05, 4.69) is 302 Å². The summed E-state index contributed by atoms with van der Waals surface area (Å²) in [6.07, 6.45) is 0. The van der Waals surface area contributed by atoms with Crippen LogP contribution < -0.4 is 4.90 Å². The highest BCUT2D eigenvalue weighted by Crippen LogP contribution is 2.66. The highest BCUT2D eigenvalue weighted by atomic mass is 15.2. The van der Waals surface area contributed by atoms with Crippen LogP contribution in [0.5, 0.6) is 0 Å². The van der Waals surface area contributed by atoms with E-state index in [4.69, 9.17) is 0 Å². The van der Waals surface area contributed by atoms with Gasteiger partial charge in [-0.2, -0.15) is 0 Å². The number of hydrogen-bond donors (Lipinski definition) is 0. The second-order valence-electron chi connectivity index (χ2n) is 21.9. The van der Waals surface area contributed by atoms with Crippen LogP contribution in [0, 0.1) is 0 Å². The Balaban J connectivity index is 0.938. The normalized spacial score (nSPS) is 13.7. The minimum atomic E-state index is -0.403. The number of benzene rings is 12. The average molecular weight is 993 g/mol. The summed E-state index contributed by atoms with van der Waals surface area (Å²) in [7, 11) is 0. The average Bonchev–Trinajstić information content (AvgIpc) is 3.79. The molecule has 0 saturated carbocycles. The standard InChI is InChI=1S/C76H52N2/c1-75(2)66-43-44-67-73(61-33-14-19-37-65(61)76(67)63-35-17-12-30-57(63)58-31-13-18-36-64(58)76)72(66)62-42-41-51(48-68(62)75)53-45-52(49-23-6-3-7-24-49)46-55(47-53)77(69-38-20-15-29-56(69)50-25-8-4-9-26-50)71-40-22-34-60-59-32-16-21-39-70(59)78(74(60)71)54-27-10-5-11-28-54/h3-48H,1-2H3. The quantitative estimate of drug-likeness (QED) is 0.154. The van der Waals surface area contributed by atoms with Gasteiger partial charge in [0.25, 0.3) is 0 Å². The SMILES string of the molecule is CC1(C)c2cc(-c3cc(-c4ccccc4)cc(N(c4ccccc4-c4ccccc4)c4cccc5c6ccccc6n(-c6ccccc6)c45)c3)ccc2-c2c1ccc1c2-c2ccccc2C12c1ccccc1-c1ccccc12. The summed E-state index contributed by atoms with van der Waals surface area (Å²) in [5.74, 6) is 0. The van der Waals surface area contributed by atoms with Gasteiger partial charge in [0.05, 0.1) is 27.8 Å². The van der Waals surface area contributed by atoms with Crippen LogP contribution >= 0.6 is 0 Å². The van der Waals surface area contributed by atoms with Crippen molar-refractivity contribution >= 4 is 38.9 Å². The summed E-state index contributed by atoms with van der Waals surface area (Å²) in [6.45, 7) is 4.87. The van der Waals surface area contributed by atoms with E-state index in [0.717, 1.165) is 50.5 Å². The maximum Gasteiger partial charge on any atom is 0.0782 e. The molecule has 0 N–H and O–H groups in total. The summed E-state index contributed by atoms with van der Waals surface area (Å²) in [5.41, 5.74) is 29.3. The predicted molar refractivity (Wildman–Crippen MR) is 326 cm³/mol. The largest absolute Gasteiger partial charge is 0.308 e. The second kappa shape index (κ2) is 16.9. The topological polar surface area (TPSA) is 8.17 Å². The summed E-state index contributed by atoms with van der Waals surface area (Å²) in [6, 6.07) is 104. The molecule has 0 atom stereocenters. The molecule has 366 valence electrons. The molecule has 1 spiro atoms. The number of aromatic nitrogens is 1. The first-order chi connectivity index (χ1) is 38.5. The summed E-state index contributed by atoms with van der Waals surface area (Å²) in [4.78, 5) is 2.53. The molecule has 0 unspecified atom stereocenters. The van der Waals surface area contributed by atoms with Crippen LogP contribution in [0.1, 0.15) is 47.2 Å². The van der Waals surface area contributed by atoms with E-state index < -0.39 is 5.41 Å². The van der Waals surface area contributed by atoms with E-state index in [1.165, 1.54) is 94.2 Å². The van der Waals surface area contributed by atoms with Crippen LogP contribution in [0.4, 0.5) is 17.1 Å². The zero-order valence-electron chi connectivity index (χ0n) is 43.5. The Morgan fingerprint density at radius 1 is 0.308 bits per heavy atom. The molecule has 2 heteroatoms. The maximum absolute atomic E-state index is 2.53. The Bertz CT molecular complexity index is 4530. The van der Waals surface area contributed by atoms with Gasteiger partial charge in [-0.05, 0) is 149 Å². The molecule has 1 aromatic heterocycles. The summed E-state index contributed by atoms with van der Waals surface area (Å²) < 4.78 is 2.46. The van der Waals surface area contributed by atoms with Crippen molar-refractivity contribution in [2.75, 3.05) is 4.90 Å². The molecule has 2 nitrogen and oxygen atoms in total. The van der Waals surface area contributed by atoms with E-state index in [-0.39, 0.29) is 5.41 Å². The zero-order valence-corrected chi connectivity index (χ0v) is 43.5. The van der Waals surface area contributed by atoms with Crippen LogP contribution in [0.25, 0.3) is 94.3 Å². The Morgan fingerprint density at radius 3 is 1.54 bits per heavy atom. The van der Waals surface area contributed by atoms with Crippen LogP contribution in [0.2, 0.25) is 0 Å². The third-order valence-electron chi connectivity index (χ3n) is 17.6. The molecular formula is C76H52N2. The van der Waals surface area contributed by atoms with Crippen molar-refractivity contribution in [2.45, 2.75) is 24.7 Å². The van der Waals surface area contributed by atoms with Gasteiger partial charge in [-0.15, -0.1) is 0 Å². The molecule has 3 aliphatic carbocycles. The van der Waals surface area contributed by atoms with Crippen molar-refractivity contribution < 1.29 is 0 Å². The van der Waals surface area contributed by atoms with Crippen molar-refractivity contribution in [1.29, 1.82) is 0 Å². The second-order valence-corrected chi connectivity index (χ2v) is 21.9.